The van der Waals surface area contributed by atoms with Gasteiger partial charge in [-0.15, -0.1) is 0 Å². The van der Waals surface area contributed by atoms with Crippen molar-refractivity contribution in [1.29, 1.82) is 0 Å². The molecule has 2 rings (SSSR count). The number of nitrogens with one attached hydrogen (secondary N) is 1. The number of benzene rings is 1. The summed E-state index contributed by atoms with van der Waals surface area (Å²) >= 11 is 1.80. The Morgan fingerprint density at radius 3 is 2.65 bits per heavy atom. The molecule has 0 amide bonds. The number of ether oxygens (including phenoxy) is 1. The van der Waals surface area contributed by atoms with Gasteiger partial charge in [0.25, 0.3) is 0 Å². The largest absolute Gasteiger partial charge is 0.492 e. The third kappa shape index (κ3) is 6.69. The minimum atomic E-state index is -3.21. The maximum Gasteiger partial charge on any atom is 0.215 e. The molecule has 1 aromatic carbocycles. The third-order valence-corrected chi connectivity index (χ3v) is 6.83. The van der Waals surface area contributed by atoms with Crippen molar-refractivity contribution < 1.29 is 13.2 Å². The normalized spacial score (nSPS) is 16.3. The van der Waals surface area contributed by atoms with Crippen LogP contribution in [-0.2, 0) is 10.0 Å². The fourth-order valence-corrected chi connectivity index (χ4v) is 5.04. The van der Waals surface area contributed by atoms with Crippen LogP contribution in [0.3, 0.4) is 0 Å². The van der Waals surface area contributed by atoms with Gasteiger partial charge in [0.05, 0.1) is 12.3 Å². The van der Waals surface area contributed by atoms with E-state index in [1.807, 2.05) is 42.3 Å². The van der Waals surface area contributed by atoms with E-state index in [4.69, 9.17) is 4.74 Å². The lowest BCUT2D eigenvalue weighted by atomic mass is 10.3. The Balaban J connectivity index is 1.72. The zero-order valence-electron chi connectivity index (χ0n) is 15.4. The zero-order chi connectivity index (χ0) is 18.8. The molecule has 0 radical (unpaired) electrons. The summed E-state index contributed by atoms with van der Waals surface area (Å²) in [5.41, 5.74) is 0. The lowest BCUT2D eigenvalue weighted by Crippen LogP contribution is -2.45. The number of hydrogen-bond donors (Lipinski definition) is 1. The molecule has 26 heavy (non-hydrogen) atoms. The molecule has 1 aliphatic rings. The van der Waals surface area contributed by atoms with Crippen molar-refractivity contribution in [3.05, 3.63) is 30.3 Å². The Hall–Kier alpha value is -1.45. The van der Waals surface area contributed by atoms with E-state index in [0.29, 0.717) is 38.7 Å². The van der Waals surface area contributed by atoms with E-state index >= 15 is 0 Å². The van der Waals surface area contributed by atoms with Crippen LogP contribution in [0.5, 0.6) is 5.75 Å². The molecule has 0 unspecified atom stereocenters. The second kappa shape index (κ2) is 10.6. The van der Waals surface area contributed by atoms with Gasteiger partial charge in [0.1, 0.15) is 12.4 Å². The molecule has 0 aromatic heterocycles. The van der Waals surface area contributed by atoms with E-state index < -0.39 is 10.0 Å². The molecule has 1 saturated heterocycles. The van der Waals surface area contributed by atoms with Crippen LogP contribution in [0, 0.1) is 0 Å². The highest BCUT2D eigenvalue weighted by atomic mass is 32.2. The van der Waals surface area contributed by atoms with Crippen molar-refractivity contribution in [3.8, 4) is 5.75 Å². The summed E-state index contributed by atoms with van der Waals surface area (Å²) in [7, 11) is 0.384. The molecular weight excluding hydrogens is 372 g/mol. The van der Waals surface area contributed by atoms with Crippen LogP contribution in [0.25, 0.3) is 0 Å². The first kappa shape index (κ1) is 20.9. The van der Waals surface area contributed by atoms with Crippen molar-refractivity contribution in [2.75, 3.05) is 64.1 Å². The number of para-hydroxylation sites is 1. The Morgan fingerprint density at radius 2 is 2.00 bits per heavy atom. The van der Waals surface area contributed by atoms with Crippen molar-refractivity contribution >= 4 is 27.7 Å². The number of rotatable bonds is 8. The number of nitrogens with zero attached hydrogens (tertiary/aromatic N) is 3. The first-order valence-corrected chi connectivity index (χ1v) is 11.4. The second-order valence-corrected chi connectivity index (χ2v) is 9.20. The molecule has 1 aromatic rings. The molecule has 1 heterocycles. The summed E-state index contributed by atoms with van der Waals surface area (Å²) in [5.74, 6) is 3.31. The Bertz CT molecular complexity index is 662. The molecule has 1 N–H and O–H groups in total. The first-order valence-electron chi connectivity index (χ1n) is 8.68. The number of aliphatic imine (C=N–C) groups is 1. The average Bonchev–Trinajstić information content (AvgIpc) is 2.66. The summed E-state index contributed by atoms with van der Waals surface area (Å²) in [6.07, 6.45) is 0. The van der Waals surface area contributed by atoms with Crippen LogP contribution in [0.1, 0.15) is 0 Å². The number of guanidine groups is 1. The average molecular weight is 401 g/mol. The quantitative estimate of drug-likeness (QED) is 0.517. The molecule has 0 atom stereocenters. The minimum absolute atomic E-state index is 0.0744. The predicted octanol–water partition coefficient (Wildman–Crippen LogP) is 0.951. The van der Waals surface area contributed by atoms with E-state index in [-0.39, 0.29) is 5.75 Å². The van der Waals surface area contributed by atoms with Crippen molar-refractivity contribution in [3.63, 3.8) is 0 Å². The van der Waals surface area contributed by atoms with E-state index in [0.717, 1.165) is 17.3 Å². The van der Waals surface area contributed by atoms with E-state index in [9.17, 15) is 8.42 Å². The summed E-state index contributed by atoms with van der Waals surface area (Å²) in [6.45, 7) is 2.72. The highest BCUT2D eigenvalue weighted by Crippen LogP contribution is 2.13. The maximum absolute atomic E-state index is 12.4. The van der Waals surface area contributed by atoms with E-state index in [1.165, 1.54) is 0 Å². The monoisotopic (exact) mass is 400 g/mol. The molecule has 146 valence electrons. The second-order valence-electron chi connectivity index (χ2n) is 5.88. The molecule has 7 nitrogen and oxygen atoms in total. The van der Waals surface area contributed by atoms with Crippen LogP contribution in [0.2, 0.25) is 0 Å². The van der Waals surface area contributed by atoms with Crippen molar-refractivity contribution in [1.82, 2.24) is 14.5 Å². The van der Waals surface area contributed by atoms with Gasteiger partial charge in [-0.2, -0.15) is 11.8 Å². The smallest absolute Gasteiger partial charge is 0.215 e. The maximum atomic E-state index is 12.4. The standard InChI is InChI=1S/C17H28N4O3S2/c1-18-17(20(2)9-12-24-16-6-4-3-5-7-16)19-8-15-26(22,23)21-10-13-25-14-11-21/h3-7H,8-15H2,1-2H3,(H,18,19). The number of sulfonamides is 1. The van der Waals surface area contributed by atoms with Gasteiger partial charge in [-0.1, -0.05) is 18.2 Å². The summed E-state index contributed by atoms with van der Waals surface area (Å²) in [6, 6.07) is 9.64. The van der Waals surface area contributed by atoms with Crippen molar-refractivity contribution in [2.24, 2.45) is 4.99 Å². The Morgan fingerprint density at radius 1 is 1.31 bits per heavy atom. The van der Waals surface area contributed by atoms with Gasteiger partial charge in [-0.05, 0) is 12.1 Å². The topological polar surface area (TPSA) is 74.2 Å². The van der Waals surface area contributed by atoms with E-state index in [1.54, 1.807) is 23.1 Å². The fourth-order valence-electron chi connectivity index (χ4n) is 2.55. The van der Waals surface area contributed by atoms with Gasteiger partial charge >= 0.3 is 0 Å². The third-order valence-electron chi connectivity index (χ3n) is 4.02. The summed E-state index contributed by atoms with van der Waals surface area (Å²) in [5, 5.41) is 3.12. The van der Waals surface area contributed by atoms with Crippen LogP contribution >= 0.6 is 11.8 Å². The zero-order valence-corrected chi connectivity index (χ0v) is 17.1. The number of likely N-dealkylation sites (N-methyl/N-ethyl adjacent to an activating group) is 1. The number of hydrogen-bond acceptors (Lipinski definition) is 5. The predicted molar refractivity (Wildman–Crippen MR) is 109 cm³/mol. The van der Waals surface area contributed by atoms with Crippen LogP contribution in [0.4, 0.5) is 0 Å². The Labute approximate surface area is 160 Å². The van der Waals surface area contributed by atoms with Crippen molar-refractivity contribution in [2.45, 2.75) is 0 Å². The van der Waals surface area contributed by atoms with Gasteiger partial charge in [0.2, 0.25) is 10.0 Å². The SMILES string of the molecule is CN=C(NCCS(=O)(=O)N1CCSCC1)N(C)CCOc1ccccc1. The molecule has 0 bridgehead atoms. The highest BCUT2D eigenvalue weighted by molar-refractivity contribution is 7.99. The highest BCUT2D eigenvalue weighted by Gasteiger charge is 2.23. The van der Waals surface area contributed by atoms with Crippen LogP contribution in [0.15, 0.2) is 35.3 Å². The van der Waals surface area contributed by atoms with Crippen LogP contribution < -0.4 is 10.1 Å². The molecular formula is C17H28N4O3S2. The first-order chi connectivity index (χ1) is 12.5. The van der Waals surface area contributed by atoms with Gasteiger partial charge < -0.3 is 15.0 Å². The van der Waals surface area contributed by atoms with Gasteiger partial charge in [-0.3, -0.25) is 4.99 Å². The molecule has 1 aliphatic heterocycles. The minimum Gasteiger partial charge on any atom is -0.492 e. The van der Waals surface area contributed by atoms with Gasteiger partial charge in [0.15, 0.2) is 5.96 Å². The lowest BCUT2D eigenvalue weighted by Gasteiger charge is -2.26. The van der Waals surface area contributed by atoms with Gasteiger partial charge in [-0.25, -0.2) is 12.7 Å². The fraction of sp³-hybridized carbons (Fsp3) is 0.588. The Kier molecular flexibility index (Phi) is 8.53. The molecule has 1 fully saturated rings. The van der Waals surface area contributed by atoms with Gasteiger partial charge in [0, 0.05) is 45.2 Å². The van der Waals surface area contributed by atoms with E-state index in [2.05, 4.69) is 10.3 Å². The van der Waals surface area contributed by atoms with Crippen LogP contribution in [-0.4, -0.2) is 87.7 Å². The lowest BCUT2D eigenvalue weighted by molar-refractivity contribution is 0.281. The molecule has 0 aliphatic carbocycles. The summed E-state index contributed by atoms with van der Waals surface area (Å²) in [4.78, 5) is 6.13. The molecule has 9 heteroatoms. The summed E-state index contributed by atoms with van der Waals surface area (Å²) < 4.78 is 32.0. The molecule has 0 spiro atoms. The molecule has 0 saturated carbocycles. The number of thioether (sulfide) groups is 1.